The number of unbranched alkanes of at least 4 members (excludes halogenated alkanes) is 1. The first kappa shape index (κ1) is 15.3. The molecule has 2 aromatic carbocycles. The summed E-state index contributed by atoms with van der Waals surface area (Å²) in [6.07, 6.45) is 2.13. The van der Waals surface area contributed by atoms with Gasteiger partial charge in [0.25, 0.3) is 0 Å². The van der Waals surface area contributed by atoms with Crippen molar-refractivity contribution in [1.82, 2.24) is 0 Å². The van der Waals surface area contributed by atoms with Crippen molar-refractivity contribution in [2.24, 2.45) is 0 Å². The van der Waals surface area contributed by atoms with E-state index in [1.807, 2.05) is 24.3 Å². The Hall–Kier alpha value is -2.10. The fourth-order valence-electron chi connectivity index (χ4n) is 1.88. The molecule has 4 heteroatoms. The molecule has 2 nitrogen and oxygen atoms in total. The van der Waals surface area contributed by atoms with E-state index in [4.69, 9.17) is 4.74 Å². The van der Waals surface area contributed by atoms with Crippen molar-refractivity contribution in [1.29, 1.82) is 0 Å². The normalized spacial score (nSPS) is 10.4. The summed E-state index contributed by atoms with van der Waals surface area (Å²) in [6.45, 7) is 3.25. The van der Waals surface area contributed by atoms with E-state index in [2.05, 4.69) is 12.2 Å². The summed E-state index contributed by atoms with van der Waals surface area (Å²) in [5.41, 5.74) is 1.14. The van der Waals surface area contributed by atoms with Crippen LogP contribution in [0.25, 0.3) is 0 Å². The Morgan fingerprint density at radius 1 is 1.05 bits per heavy atom. The molecule has 0 spiro atoms. The van der Waals surface area contributed by atoms with Gasteiger partial charge in [0, 0.05) is 6.54 Å². The summed E-state index contributed by atoms with van der Waals surface area (Å²) in [7, 11) is 0. The molecule has 0 radical (unpaired) electrons. The quantitative estimate of drug-likeness (QED) is 0.743. The molecule has 112 valence electrons. The van der Waals surface area contributed by atoms with E-state index < -0.39 is 11.6 Å². The van der Waals surface area contributed by atoms with Crippen molar-refractivity contribution in [2.75, 3.05) is 11.9 Å². The lowest BCUT2D eigenvalue weighted by Crippen LogP contribution is -2.03. The maximum atomic E-state index is 13.5. The molecule has 1 N–H and O–H groups in total. The Kier molecular flexibility index (Phi) is 5.55. The van der Waals surface area contributed by atoms with Crippen LogP contribution in [-0.2, 0) is 6.54 Å². The lowest BCUT2D eigenvalue weighted by molar-refractivity contribution is 0.309. The van der Waals surface area contributed by atoms with E-state index in [0.29, 0.717) is 13.2 Å². The minimum atomic E-state index is -0.850. The smallest absolute Gasteiger partial charge is 0.181 e. The van der Waals surface area contributed by atoms with Crippen LogP contribution in [0.3, 0.4) is 0 Å². The maximum absolute atomic E-state index is 13.5. The van der Waals surface area contributed by atoms with Crippen molar-refractivity contribution in [3.8, 4) is 5.75 Å². The molecule has 0 aromatic heterocycles. The van der Waals surface area contributed by atoms with Crippen LogP contribution in [0.15, 0.2) is 42.5 Å². The van der Waals surface area contributed by atoms with E-state index in [9.17, 15) is 8.78 Å². The van der Waals surface area contributed by atoms with E-state index in [1.54, 1.807) is 0 Å². The minimum Gasteiger partial charge on any atom is -0.494 e. The fourth-order valence-corrected chi connectivity index (χ4v) is 1.88. The van der Waals surface area contributed by atoms with Gasteiger partial charge in [-0.3, -0.25) is 0 Å². The van der Waals surface area contributed by atoms with Crippen molar-refractivity contribution >= 4 is 5.69 Å². The molecule has 0 unspecified atom stereocenters. The van der Waals surface area contributed by atoms with Gasteiger partial charge >= 0.3 is 0 Å². The molecule has 0 atom stereocenters. The van der Waals surface area contributed by atoms with Crippen LogP contribution < -0.4 is 10.1 Å². The lowest BCUT2D eigenvalue weighted by Gasteiger charge is -2.09. The number of hydrogen-bond acceptors (Lipinski definition) is 2. The summed E-state index contributed by atoms with van der Waals surface area (Å²) in [5.74, 6) is -0.874. The summed E-state index contributed by atoms with van der Waals surface area (Å²) in [6, 6.07) is 11.7. The minimum absolute atomic E-state index is 0.165. The number of nitrogens with one attached hydrogen (secondary N) is 1. The molecular formula is C17H19F2NO. The van der Waals surface area contributed by atoms with Gasteiger partial charge in [0.05, 0.1) is 12.3 Å². The number of ether oxygens (including phenoxy) is 1. The Bertz CT molecular complexity index is 570. The molecule has 0 saturated heterocycles. The van der Waals surface area contributed by atoms with Crippen LogP contribution in [-0.4, -0.2) is 6.61 Å². The molecule has 0 heterocycles. The second-order valence-electron chi connectivity index (χ2n) is 4.80. The molecule has 0 amide bonds. The largest absolute Gasteiger partial charge is 0.494 e. The molecule has 0 bridgehead atoms. The van der Waals surface area contributed by atoms with Crippen LogP contribution in [0.1, 0.15) is 25.3 Å². The van der Waals surface area contributed by atoms with Crippen molar-refractivity contribution in [2.45, 2.75) is 26.3 Å². The molecule has 2 aromatic rings. The maximum Gasteiger partial charge on any atom is 0.181 e. The third-order valence-corrected chi connectivity index (χ3v) is 3.12. The van der Waals surface area contributed by atoms with Gasteiger partial charge in [-0.1, -0.05) is 31.5 Å². The molecule has 0 fully saturated rings. The zero-order chi connectivity index (χ0) is 15.1. The zero-order valence-corrected chi connectivity index (χ0v) is 12.0. The highest BCUT2D eigenvalue weighted by Crippen LogP contribution is 2.18. The zero-order valence-electron chi connectivity index (χ0n) is 12.0. The third-order valence-electron chi connectivity index (χ3n) is 3.12. The molecular weight excluding hydrogens is 272 g/mol. The molecule has 21 heavy (non-hydrogen) atoms. The first-order valence-corrected chi connectivity index (χ1v) is 7.10. The van der Waals surface area contributed by atoms with Crippen molar-refractivity contribution in [3.05, 3.63) is 59.7 Å². The Labute approximate surface area is 123 Å². The highest BCUT2D eigenvalue weighted by molar-refractivity contribution is 5.45. The molecule has 2 rings (SSSR count). The summed E-state index contributed by atoms with van der Waals surface area (Å²) in [5, 5.41) is 2.89. The van der Waals surface area contributed by atoms with Gasteiger partial charge in [0.15, 0.2) is 11.6 Å². The van der Waals surface area contributed by atoms with Gasteiger partial charge in [0.1, 0.15) is 5.75 Å². The summed E-state index contributed by atoms with van der Waals surface area (Å²) in [4.78, 5) is 0. The first-order chi connectivity index (χ1) is 10.2. The van der Waals surface area contributed by atoms with Crippen molar-refractivity contribution < 1.29 is 13.5 Å². The molecule has 0 aliphatic rings. The average molecular weight is 291 g/mol. The number of hydrogen-bond donors (Lipinski definition) is 1. The third kappa shape index (κ3) is 4.45. The summed E-state index contributed by atoms with van der Waals surface area (Å²) >= 11 is 0. The van der Waals surface area contributed by atoms with Crippen LogP contribution in [0.2, 0.25) is 0 Å². The molecule has 0 aliphatic carbocycles. The topological polar surface area (TPSA) is 21.3 Å². The average Bonchev–Trinajstić information content (AvgIpc) is 2.50. The number of rotatable bonds is 7. The number of benzene rings is 2. The van der Waals surface area contributed by atoms with E-state index >= 15 is 0 Å². The standard InChI is InChI=1S/C17H19F2NO/c1-2-3-11-21-14-9-7-13(8-10-14)12-20-16-6-4-5-15(18)17(16)19/h4-10,20H,2-3,11-12H2,1H3. The predicted octanol–water partition coefficient (Wildman–Crippen LogP) is 4.76. The Balaban J connectivity index is 1.90. The summed E-state index contributed by atoms with van der Waals surface area (Å²) < 4.78 is 32.1. The number of anilines is 1. The fraction of sp³-hybridized carbons (Fsp3) is 0.294. The van der Waals surface area contributed by atoms with E-state index in [-0.39, 0.29) is 5.69 Å². The highest BCUT2D eigenvalue weighted by Gasteiger charge is 2.06. The van der Waals surface area contributed by atoms with Crippen LogP contribution in [0.4, 0.5) is 14.5 Å². The Morgan fingerprint density at radius 3 is 2.52 bits per heavy atom. The van der Waals surface area contributed by atoms with Crippen molar-refractivity contribution in [3.63, 3.8) is 0 Å². The second-order valence-corrected chi connectivity index (χ2v) is 4.80. The van der Waals surface area contributed by atoms with E-state index in [0.717, 1.165) is 30.2 Å². The number of halogens is 2. The van der Waals surface area contributed by atoms with E-state index in [1.165, 1.54) is 12.1 Å². The van der Waals surface area contributed by atoms with Crippen LogP contribution in [0, 0.1) is 11.6 Å². The van der Waals surface area contributed by atoms with Gasteiger partial charge in [-0.15, -0.1) is 0 Å². The monoisotopic (exact) mass is 291 g/mol. The van der Waals surface area contributed by atoms with Gasteiger partial charge < -0.3 is 10.1 Å². The lowest BCUT2D eigenvalue weighted by atomic mass is 10.2. The van der Waals surface area contributed by atoms with Gasteiger partial charge in [-0.25, -0.2) is 8.78 Å². The molecule has 0 aliphatic heterocycles. The van der Waals surface area contributed by atoms with Crippen LogP contribution >= 0.6 is 0 Å². The highest BCUT2D eigenvalue weighted by atomic mass is 19.2. The Morgan fingerprint density at radius 2 is 1.81 bits per heavy atom. The van der Waals surface area contributed by atoms with Gasteiger partial charge in [-0.2, -0.15) is 0 Å². The van der Waals surface area contributed by atoms with Gasteiger partial charge in [-0.05, 0) is 36.2 Å². The van der Waals surface area contributed by atoms with Gasteiger partial charge in [0.2, 0.25) is 0 Å². The molecule has 0 saturated carbocycles. The predicted molar refractivity (Wildman–Crippen MR) is 80.5 cm³/mol. The second kappa shape index (κ2) is 7.62. The van der Waals surface area contributed by atoms with Crippen LogP contribution in [0.5, 0.6) is 5.75 Å². The SMILES string of the molecule is CCCCOc1ccc(CNc2cccc(F)c2F)cc1. The first-order valence-electron chi connectivity index (χ1n) is 7.10.